The maximum atomic E-state index is 14.6. The monoisotopic (exact) mass is 581 g/mol. The van der Waals surface area contributed by atoms with Crippen LogP contribution in [-0.4, -0.2) is 109 Å². The highest BCUT2D eigenvalue weighted by Crippen LogP contribution is 2.59. The number of nitrogens with two attached hydrogens (primary N) is 3. The fraction of sp³-hybridized carbons (Fsp3) is 0.500. The molecule has 1 aromatic carbocycles. The Morgan fingerprint density at radius 2 is 1.76 bits per heavy atom. The normalized spacial score (nSPS) is 31.0. The molecule has 0 spiro atoms. The fourth-order valence-electron chi connectivity index (χ4n) is 7.31. The van der Waals surface area contributed by atoms with Gasteiger partial charge in [0.15, 0.2) is 17.0 Å². The molecule has 2 fully saturated rings. The number of aliphatic hydroxyl groups is 2. The molecule has 0 radical (unpaired) electrons. The quantitative estimate of drug-likeness (QED) is 0.230. The van der Waals surface area contributed by atoms with E-state index in [1.54, 1.807) is 31.1 Å². The number of hydrogen-bond donors (Lipinski definition) is 6. The lowest BCUT2D eigenvalue weighted by atomic mass is 9.47. The molecule has 1 amide bonds. The highest BCUT2D eigenvalue weighted by molar-refractivity contribution is 6.25. The van der Waals surface area contributed by atoms with Crippen LogP contribution in [0.5, 0.6) is 5.75 Å². The van der Waals surface area contributed by atoms with Gasteiger partial charge in [0.2, 0.25) is 0 Å². The van der Waals surface area contributed by atoms with Crippen molar-refractivity contribution in [1.82, 2.24) is 4.90 Å². The summed E-state index contributed by atoms with van der Waals surface area (Å²) in [4.78, 5) is 45.5. The number of phenolic OH excluding ortho intramolecular Hbond substituents is 1. The molecule has 9 N–H and O–H groups in total. The van der Waals surface area contributed by atoms with Crippen LogP contribution in [0.2, 0.25) is 0 Å². The van der Waals surface area contributed by atoms with Crippen LogP contribution in [0.25, 0.3) is 5.76 Å². The number of aliphatic hydroxyl groups excluding tert-OH is 2. The first-order chi connectivity index (χ1) is 19.6. The van der Waals surface area contributed by atoms with E-state index in [4.69, 9.17) is 21.9 Å². The minimum atomic E-state index is -2.70. The number of benzene rings is 1. The van der Waals surface area contributed by atoms with Gasteiger partial charge in [-0.1, -0.05) is 0 Å². The van der Waals surface area contributed by atoms with Gasteiger partial charge >= 0.3 is 0 Å². The van der Waals surface area contributed by atoms with Crippen LogP contribution in [0.3, 0.4) is 0 Å². The molecule has 1 heterocycles. The zero-order chi connectivity index (χ0) is 31.1. The summed E-state index contributed by atoms with van der Waals surface area (Å²) in [6.45, 7) is 1.79. The molecule has 0 bridgehead atoms. The third kappa shape index (κ3) is 3.54. The van der Waals surface area contributed by atoms with Crippen molar-refractivity contribution in [1.29, 1.82) is 5.26 Å². The van der Waals surface area contributed by atoms with E-state index >= 15 is 0 Å². The SMILES string of the molecule is CN(C)c1cc(N2CCOCC2)c(O)c2c1C[C@@]1(N)C[C@@]3(N)[C@H](N(C)C)C(=O)C(C(N)=O)=C(O)[C@@]3(C#N)C(=O)C1=C2O. The molecule has 1 aromatic rings. The van der Waals surface area contributed by atoms with Gasteiger partial charge in [0.05, 0.1) is 53.2 Å². The Morgan fingerprint density at radius 3 is 2.29 bits per heavy atom. The van der Waals surface area contributed by atoms with Gasteiger partial charge in [-0.3, -0.25) is 19.3 Å². The van der Waals surface area contributed by atoms with Gasteiger partial charge in [0.1, 0.15) is 22.8 Å². The standard InChI is InChI=1S/C28H35N7O7/c1-33(2)14-9-15(35-5-7-42-8-6-35)19(36)16-13(14)10-26(31)11-28(32)22(34(3)4)21(38)17(25(30)41)23(39)27(28,12-29)24(40)18(26)20(16)37/h9,22,36-37,39H,5-8,10-11,31-32H2,1-4H3,(H2,30,41)/t22-,26-,27+,28-/m1/s1. The minimum Gasteiger partial charge on any atom is -0.509 e. The number of fused-ring (bicyclic) bond motifs is 3. The number of ether oxygens (including phenoxy) is 1. The van der Waals surface area contributed by atoms with Gasteiger partial charge in [-0.15, -0.1) is 0 Å². The summed E-state index contributed by atoms with van der Waals surface area (Å²) in [6, 6.07) is 2.09. The van der Waals surface area contributed by atoms with Crippen LogP contribution in [0.1, 0.15) is 17.5 Å². The van der Waals surface area contributed by atoms with E-state index in [1.165, 1.54) is 19.0 Å². The van der Waals surface area contributed by atoms with E-state index < -0.39 is 69.1 Å². The Balaban J connectivity index is 1.85. The van der Waals surface area contributed by atoms with Gasteiger partial charge in [-0.25, -0.2) is 0 Å². The molecular formula is C28H35N7O7. The average Bonchev–Trinajstić information content (AvgIpc) is 2.88. The van der Waals surface area contributed by atoms with E-state index in [9.17, 15) is 35.0 Å². The number of phenols is 1. The second-order valence-corrected chi connectivity index (χ2v) is 11.9. The molecule has 3 aliphatic carbocycles. The smallest absolute Gasteiger partial charge is 0.255 e. The van der Waals surface area contributed by atoms with Crippen LogP contribution in [0.15, 0.2) is 23.0 Å². The number of carbonyl (C=O) groups excluding carboxylic acids is 3. The number of primary amides is 1. The van der Waals surface area contributed by atoms with Crippen molar-refractivity contribution in [2.75, 3.05) is 64.3 Å². The topological polar surface area (TPSA) is 233 Å². The van der Waals surface area contributed by atoms with Crippen molar-refractivity contribution in [3.05, 3.63) is 34.1 Å². The summed E-state index contributed by atoms with van der Waals surface area (Å²) in [5, 5.41) is 45.2. The molecule has 5 rings (SSSR count). The third-order valence-corrected chi connectivity index (χ3v) is 9.04. The summed E-state index contributed by atoms with van der Waals surface area (Å²) in [5.74, 6) is -5.62. The molecule has 0 aromatic heterocycles. The average molecular weight is 582 g/mol. The van der Waals surface area contributed by atoms with E-state index in [1.807, 2.05) is 4.90 Å². The van der Waals surface area contributed by atoms with Crippen LogP contribution >= 0.6 is 0 Å². The number of Topliss-reactive ketones (excluding diaryl/α,β-unsaturated/α-hetero) is 2. The number of hydrogen-bond acceptors (Lipinski definition) is 13. The van der Waals surface area contributed by atoms with Crippen molar-refractivity contribution < 1.29 is 34.4 Å². The Kier molecular flexibility index (Phi) is 6.59. The molecule has 1 saturated carbocycles. The summed E-state index contributed by atoms with van der Waals surface area (Å²) >= 11 is 0. The largest absolute Gasteiger partial charge is 0.509 e. The highest BCUT2D eigenvalue weighted by atomic mass is 16.5. The summed E-state index contributed by atoms with van der Waals surface area (Å²) < 4.78 is 5.44. The molecule has 4 atom stereocenters. The lowest BCUT2D eigenvalue weighted by Gasteiger charge is -2.58. The lowest BCUT2D eigenvalue weighted by molar-refractivity contribution is -0.139. The van der Waals surface area contributed by atoms with Crippen LogP contribution in [-0.2, 0) is 25.5 Å². The van der Waals surface area contributed by atoms with E-state index in [0.29, 0.717) is 43.2 Å². The number of nitrogens with zero attached hydrogens (tertiary/aromatic N) is 4. The van der Waals surface area contributed by atoms with Crippen LogP contribution < -0.4 is 27.0 Å². The van der Waals surface area contributed by atoms with Gasteiger partial charge in [-0.2, -0.15) is 5.26 Å². The van der Waals surface area contributed by atoms with Crippen molar-refractivity contribution >= 4 is 34.6 Å². The van der Waals surface area contributed by atoms with Gasteiger partial charge in [-0.05, 0) is 38.6 Å². The molecule has 1 saturated heterocycles. The van der Waals surface area contributed by atoms with Crippen molar-refractivity contribution in [3.8, 4) is 11.8 Å². The maximum Gasteiger partial charge on any atom is 0.255 e. The first-order valence-corrected chi connectivity index (χ1v) is 13.4. The number of aromatic hydroxyl groups is 1. The molecule has 4 aliphatic rings. The highest BCUT2D eigenvalue weighted by Gasteiger charge is 2.74. The number of morpholine rings is 1. The second-order valence-electron chi connectivity index (χ2n) is 11.9. The summed E-state index contributed by atoms with van der Waals surface area (Å²) in [6.07, 6.45) is -0.540. The number of ketones is 2. The molecule has 224 valence electrons. The maximum absolute atomic E-state index is 14.6. The van der Waals surface area contributed by atoms with Crippen molar-refractivity contribution in [2.45, 2.75) is 30.0 Å². The number of likely N-dealkylation sites (N-methyl/N-ethyl adjacent to an activating group) is 1. The number of carbonyl (C=O) groups is 3. The van der Waals surface area contributed by atoms with Gasteiger partial charge < -0.3 is 47.1 Å². The molecule has 14 nitrogen and oxygen atoms in total. The zero-order valence-electron chi connectivity index (χ0n) is 23.9. The Morgan fingerprint density at radius 1 is 1.14 bits per heavy atom. The predicted octanol–water partition coefficient (Wildman–Crippen LogP) is -1.19. The molecule has 0 unspecified atom stereocenters. The Hall–Kier alpha value is -4.16. The first kappa shape index (κ1) is 29.3. The first-order valence-electron chi connectivity index (χ1n) is 13.4. The second kappa shape index (κ2) is 9.43. The zero-order valence-corrected chi connectivity index (χ0v) is 23.9. The minimum absolute atomic E-state index is 0.0423. The third-order valence-electron chi connectivity index (χ3n) is 9.04. The molecule has 1 aliphatic heterocycles. The Labute approximate surface area is 242 Å². The molecule has 42 heavy (non-hydrogen) atoms. The van der Waals surface area contributed by atoms with Gasteiger partial charge in [0, 0.05) is 32.9 Å². The van der Waals surface area contributed by atoms with E-state index in [2.05, 4.69) is 0 Å². The Bertz CT molecular complexity index is 1540. The predicted molar refractivity (Wildman–Crippen MR) is 152 cm³/mol. The van der Waals surface area contributed by atoms with E-state index in [-0.39, 0.29) is 17.7 Å². The summed E-state index contributed by atoms with van der Waals surface area (Å²) in [7, 11) is 6.51. The fourth-order valence-corrected chi connectivity index (χ4v) is 7.31. The van der Waals surface area contributed by atoms with Crippen molar-refractivity contribution in [2.24, 2.45) is 22.6 Å². The van der Waals surface area contributed by atoms with Gasteiger partial charge in [0.25, 0.3) is 5.91 Å². The van der Waals surface area contributed by atoms with E-state index in [0.717, 1.165) is 0 Å². The van der Waals surface area contributed by atoms with Crippen molar-refractivity contribution in [3.63, 3.8) is 0 Å². The molecule has 14 heteroatoms. The number of nitriles is 1. The number of rotatable bonds is 4. The number of amides is 1. The summed E-state index contributed by atoms with van der Waals surface area (Å²) in [5.41, 5.74) is 12.7. The van der Waals surface area contributed by atoms with Crippen LogP contribution in [0.4, 0.5) is 11.4 Å². The number of anilines is 2. The lowest BCUT2D eigenvalue weighted by Crippen LogP contribution is -2.80. The molecular weight excluding hydrogens is 546 g/mol. The van der Waals surface area contributed by atoms with Crippen LogP contribution in [0, 0.1) is 16.7 Å².